The monoisotopic (exact) mass is 210 g/mol. The van der Waals surface area contributed by atoms with Crippen LogP contribution in [-0.2, 0) is 11.3 Å². The van der Waals surface area contributed by atoms with Crippen LogP contribution in [0.1, 0.15) is 25.3 Å². The molecule has 0 bridgehead atoms. The zero-order valence-electron chi connectivity index (χ0n) is 9.56. The van der Waals surface area contributed by atoms with Crippen LogP contribution in [-0.4, -0.2) is 35.4 Å². The molecule has 1 aliphatic heterocycles. The van der Waals surface area contributed by atoms with Gasteiger partial charge in [0.15, 0.2) is 5.76 Å². The standard InChI is InChI=1S/C11H18N2O2/c1-8-4-11(15-12-8)6-13-5-10(3)14-7-9(13)2/h4,9-10H,5-7H2,1-3H3/t9-,10+/m1/s1. The lowest BCUT2D eigenvalue weighted by molar-refractivity contribution is -0.0550. The molecule has 4 heteroatoms. The Labute approximate surface area is 90.2 Å². The molecule has 84 valence electrons. The second-order valence-corrected chi connectivity index (χ2v) is 4.36. The van der Waals surface area contributed by atoms with E-state index in [2.05, 4.69) is 23.9 Å². The Morgan fingerprint density at radius 2 is 2.33 bits per heavy atom. The molecule has 0 unspecified atom stereocenters. The number of aromatic nitrogens is 1. The van der Waals surface area contributed by atoms with Crippen molar-refractivity contribution in [2.75, 3.05) is 13.2 Å². The van der Waals surface area contributed by atoms with Crippen molar-refractivity contribution in [3.63, 3.8) is 0 Å². The molecular weight excluding hydrogens is 192 g/mol. The zero-order chi connectivity index (χ0) is 10.8. The van der Waals surface area contributed by atoms with Gasteiger partial charge in [0.1, 0.15) is 0 Å². The summed E-state index contributed by atoms with van der Waals surface area (Å²) in [6.07, 6.45) is 0.310. The predicted octanol–water partition coefficient (Wildman–Crippen LogP) is 1.59. The van der Waals surface area contributed by atoms with Crippen LogP contribution in [0.2, 0.25) is 0 Å². The highest BCUT2D eigenvalue weighted by atomic mass is 16.5. The SMILES string of the molecule is Cc1cc(CN2C[C@H](C)OC[C@H]2C)on1. The maximum atomic E-state index is 5.58. The quantitative estimate of drug-likeness (QED) is 0.743. The second-order valence-electron chi connectivity index (χ2n) is 4.36. The fourth-order valence-corrected chi connectivity index (χ4v) is 1.88. The molecule has 1 aromatic rings. The van der Waals surface area contributed by atoms with E-state index in [0.717, 1.165) is 31.2 Å². The number of nitrogens with zero attached hydrogens (tertiary/aromatic N) is 2. The van der Waals surface area contributed by atoms with Crippen molar-refractivity contribution >= 4 is 0 Å². The number of rotatable bonds is 2. The molecular formula is C11H18N2O2. The van der Waals surface area contributed by atoms with Gasteiger partial charge in [-0.1, -0.05) is 5.16 Å². The molecule has 0 N–H and O–H groups in total. The normalized spacial score (nSPS) is 28.2. The Balaban J connectivity index is 1.98. The molecule has 2 rings (SSSR count). The maximum Gasteiger partial charge on any atom is 0.150 e. The van der Waals surface area contributed by atoms with Gasteiger partial charge in [0, 0.05) is 18.7 Å². The average molecular weight is 210 g/mol. The number of aryl methyl sites for hydroxylation is 1. The van der Waals surface area contributed by atoms with E-state index in [1.165, 1.54) is 0 Å². The molecule has 1 aliphatic rings. The second kappa shape index (κ2) is 4.33. The number of morpholine rings is 1. The molecule has 4 nitrogen and oxygen atoms in total. The van der Waals surface area contributed by atoms with Gasteiger partial charge in [0.05, 0.1) is 24.9 Å². The third-order valence-electron chi connectivity index (χ3n) is 2.77. The Kier molecular flexibility index (Phi) is 3.07. The topological polar surface area (TPSA) is 38.5 Å². The van der Waals surface area contributed by atoms with E-state index >= 15 is 0 Å². The maximum absolute atomic E-state index is 5.58. The van der Waals surface area contributed by atoms with E-state index in [4.69, 9.17) is 9.26 Å². The molecule has 2 atom stereocenters. The Morgan fingerprint density at radius 3 is 3.00 bits per heavy atom. The van der Waals surface area contributed by atoms with Crippen molar-refractivity contribution in [2.24, 2.45) is 0 Å². The van der Waals surface area contributed by atoms with Gasteiger partial charge in [-0.2, -0.15) is 0 Å². The molecule has 1 saturated heterocycles. The van der Waals surface area contributed by atoms with Crippen LogP contribution in [0.25, 0.3) is 0 Å². The molecule has 0 aromatic carbocycles. The van der Waals surface area contributed by atoms with E-state index in [1.807, 2.05) is 13.0 Å². The third kappa shape index (κ3) is 2.58. The molecule has 0 amide bonds. The van der Waals surface area contributed by atoms with Crippen LogP contribution in [0.15, 0.2) is 10.6 Å². The molecule has 0 aliphatic carbocycles. The third-order valence-corrected chi connectivity index (χ3v) is 2.77. The largest absolute Gasteiger partial charge is 0.376 e. The molecule has 1 aromatic heterocycles. The minimum absolute atomic E-state index is 0.310. The van der Waals surface area contributed by atoms with E-state index in [1.54, 1.807) is 0 Å². The summed E-state index contributed by atoms with van der Waals surface area (Å²) in [6, 6.07) is 2.44. The summed E-state index contributed by atoms with van der Waals surface area (Å²) in [5, 5.41) is 3.89. The minimum atomic E-state index is 0.310. The fraction of sp³-hybridized carbons (Fsp3) is 0.727. The molecule has 0 saturated carbocycles. The van der Waals surface area contributed by atoms with Gasteiger partial charge >= 0.3 is 0 Å². The van der Waals surface area contributed by atoms with Gasteiger partial charge < -0.3 is 9.26 Å². The fourth-order valence-electron chi connectivity index (χ4n) is 1.88. The van der Waals surface area contributed by atoms with Gasteiger partial charge in [0.2, 0.25) is 0 Å². The summed E-state index contributed by atoms with van der Waals surface area (Å²) in [4.78, 5) is 2.37. The lowest BCUT2D eigenvalue weighted by Gasteiger charge is -2.35. The highest BCUT2D eigenvalue weighted by Crippen LogP contribution is 2.15. The van der Waals surface area contributed by atoms with Gasteiger partial charge in [-0.25, -0.2) is 0 Å². The molecule has 0 radical (unpaired) electrons. The summed E-state index contributed by atoms with van der Waals surface area (Å²) in [6.45, 7) is 8.81. The summed E-state index contributed by atoms with van der Waals surface area (Å²) < 4.78 is 10.8. The number of hydrogen-bond acceptors (Lipinski definition) is 4. The highest BCUT2D eigenvalue weighted by Gasteiger charge is 2.24. The first-order chi connectivity index (χ1) is 7.15. The van der Waals surface area contributed by atoms with Crippen molar-refractivity contribution in [1.82, 2.24) is 10.1 Å². The van der Waals surface area contributed by atoms with Crippen LogP contribution in [0, 0.1) is 6.92 Å². The first-order valence-corrected chi connectivity index (χ1v) is 5.43. The summed E-state index contributed by atoms with van der Waals surface area (Å²) in [5.74, 6) is 0.938. The van der Waals surface area contributed by atoms with E-state index in [0.29, 0.717) is 12.1 Å². The van der Waals surface area contributed by atoms with E-state index < -0.39 is 0 Å². The summed E-state index contributed by atoms with van der Waals surface area (Å²) in [7, 11) is 0. The summed E-state index contributed by atoms with van der Waals surface area (Å²) >= 11 is 0. The highest BCUT2D eigenvalue weighted by molar-refractivity contribution is 5.03. The zero-order valence-corrected chi connectivity index (χ0v) is 9.56. The van der Waals surface area contributed by atoms with Crippen molar-refractivity contribution in [3.05, 3.63) is 17.5 Å². The van der Waals surface area contributed by atoms with Crippen molar-refractivity contribution in [3.8, 4) is 0 Å². The van der Waals surface area contributed by atoms with Gasteiger partial charge in [0.25, 0.3) is 0 Å². The average Bonchev–Trinajstić information content (AvgIpc) is 2.58. The first kappa shape index (κ1) is 10.6. The minimum Gasteiger partial charge on any atom is -0.376 e. The van der Waals surface area contributed by atoms with Gasteiger partial charge in [-0.3, -0.25) is 4.90 Å². The van der Waals surface area contributed by atoms with Crippen molar-refractivity contribution in [2.45, 2.75) is 39.5 Å². The molecule has 0 spiro atoms. The molecule has 15 heavy (non-hydrogen) atoms. The predicted molar refractivity (Wildman–Crippen MR) is 56.5 cm³/mol. The van der Waals surface area contributed by atoms with Crippen molar-refractivity contribution < 1.29 is 9.26 Å². The lowest BCUT2D eigenvalue weighted by atomic mass is 10.2. The van der Waals surface area contributed by atoms with E-state index in [9.17, 15) is 0 Å². The van der Waals surface area contributed by atoms with Crippen LogP contribution < -0.4 is 0 Å². The number of hydrogen-bond donors (Lipinski definition) is 0. The lowest BCUT2D eigenvalue weighted by Crippen LogP contribution is -2.46. The van der Waals surface area contributed by atoms with Gasteiger partial charge in [-0.15, -0.1) is 0 Å². The smallest absolute Gasteiger partial charge is 0.150 e. The first-order valence-electron chi connectivity index (χ1n) is 5.43. The van der Waals surface area contributed by atoms with E-state index in [-0.39, 0.29) is 0 Å². The summed E-state index contributed by atoms with van der Waals surface area (Å²) in [5.41, 5.74) is 0.943. The van der Waals surface area contributed by atoms with Crippen LogP contribution in [0.4, 0.5) is 0 Å². The van der Waals surface area contributed by atoms with Crippen LogP contribution in [0.3, 0.4) is 0 Å². The molecule has 1 fully saturated rings. The molecule has 2 heterocycles. The van der Waals surface area contributed by atoms with Crippen LogP contribution >= 0.6 is 0 Å². The van der Waals surface area contributed by atoms with Gasteiger partial charge in [-0.05, 0) is 20.8 Å². The Morgan fingerprint density at radius 1 is 1.53 bits per heavy atom. The Hall–Kier alpha value is -0.870. The Bertz CT molecular complexity index is 324. The van der Waals surface area contributed by atoms with Crippen molar-refractivity contribution in [1.29, 1.82) is 0 Å². The van der Waals surface area contributed by atoms with Crippen LogP contribution in [0.5, 0.6) is 0 Å². The number of ether oxygens (including phenoxy) is 1.